The van der Waals surface area contributed by atoms with E-state index in [1.165, 1.54) is 36.5 Å². The molecule has 0 unspecified atom stereocenters. The predicted octanol–water partition coefficient (Wildman–Crippen LogP) is 2.76. The Balaban J connectivity index is 0.000000845. The van der Waals surface area contributed by atoms with Gasteiger partial charge in [-0.05, 0) is 38.8 Å². The number of nitrogens with one attached hydrogen (secondary N) is 1. The molecule has 82 valence electrons. The second-order valence-corrected chi connectivity index (χ2v) is 4.21. The Morgan fingerprint density at radius 2 is 2.00 bits per heavy atom. The molecule has 2 rings (SSSR count). The third kappa shape index (κ3) is 3.09. The van der Waals surface area contributed by atoms with Crippen molar-refractivity contribution in [2.45, 2.75) is 25.7 Å². The first kappa shape index (κ1) is 14.2. The Bertz CT molecular complexity index is 259. The van der Waals surface area contributed by atoms with Crippen molar-refractivity contribution in [1.82, 2.24) is 10.3 Å². The average Bonchev–Trinajstić information content (AvgIpc) is 2.53. The number of rotatable bonds is 1. The van der Waals surface area contributed by atoms with Crippen molar-refractivity contribution in [2.24, 2.45) is 0 Å². The third-order valence-electron chi connectivity index (χ3n) is 2.49. The van der Waals surface area contributed by atoms with Gasteiger partial charge in [0, 0.05) is 4.88 Å². The molecule has 0 radical (unpaired) electrons. The number of hydrogen-bond donors (Lipinski definition) is 1. The highest BCUT2D eigenvalue weighted by molar-refractivity contribution is 7.09. The molecule has 1 saturated heterocycles. The van der Waals surface area contributed by atoms with Crippen LogP contribution in [0.3, 0.4) is 0 Å². The van der Waals surface area contributed by atoms with Crippen molar-refractivity contribution in [3.05, 3.63) is 16.1 Å². The molecule has 14 heavy (non-hydrogen) atoms. The van der Waals surface area contributed by atoms with Gasteiger partial charge in [-0.25, -0.2) is 4.98 Å². The molecule has 0 amide bonds. The standard InChI is InChI=1S/C9H14N2S.2ClH/c1-7-9(12-6-11-7)8-2-4-10-5-3-8;;/h6,8,10H,2-5H2,1H3;2*1H. The summed E-state index contributed by atoms with van der Waals surface area (Å²) in [5.74, 6) is 0.777. The van der Waals surface area contributed by atoms with Crippen LogP contribution in [0.5, 0.6) is 0 Å². The maximum absolute atomic E-state index is 4.29. The largest absolute Gasteiger partial charge is 0.317 e. The van der Waals surface area contributed by atoms with Crippen LogP contribution in [-0.2, 0) is 0 Å². The van der Waals surface area contributed by atoms with Crippen molar-refractivity contribution >= 4 is 36.2 Å². The van der Waals surface area contributed by atoms with Crippen LogP contribution in [0.2, 0.25) is 0 Å². The van der Waals surface area contributed by atoms with E-state index in [4.69, 9.17) is 0 Å². The van der Waals surface area contributed by atoms with E-state index in [1.807, 2.05) is 16.8 Å². The number of piperidine rings is 1. The Kier molecular flexibility index (Phi) is 6.70. The first-order valence-corrected chi connectivity index (χ1v) is 5.36. The molecule has 1 N–H and O–H groups in total. The number of aromatic nitrogens is 1. The van der Waals surface area contributed by atoms with Crippen LogP contribution in [-0.4, -0.2) is 18.1 Å². The molecule has 0 saturated carbocycles. The van der Waals surface area contributed by atoms with Gasteiger partial charge in [-0.15, -0.1) is 36.2 Å². The molecule has 0 aromatic carbocycles. The summed E-state index contributed by atoms with van der Waals surface area (Å²) in [6.07, 6.45) is 2.56. The number of nitrogens with zero attached hydrogens (tertiary/aromatic N) is 1. The summed E-state index contributed by atoms with van der Waals surface area (Å²) in [6, 6.07) is 0. The maximum atomic E-state index is 4.29. The smallest absolute Gasteiger partial charge is 0.0797 e. The van der Waals surface area contributed by atoms with Crippen molar-refractivity contribution in [2.75, 3.05) is 13.1 Å². The minimum absolute atomic E-state index is 0. The van der Waals surface area contributed by atoms with Crippen LogP contribution in [0.1, 0.15) is 29.3 Å². The lowest BCUT2D eigenvalue weighted by atomic mass is 9.96. The Morgan fingerprint density at radius 3 is 2.50 bits per heavy atom. The molecule has 2 heterocycles. The third-order valence-corrected chi connectivity index (χ3v) is 3.59. The zero-order valence-corrected chi connectivity index (χ0v) is 10.6. The van der Waals surface area contributed by atoms with E-state index in [2.05, 4.69) is 17.2 Å². The van der Waals surface area contributed by atoms with Crippen LogP contribution in [0.25, 0.3) is 0 Å². The predicted molar refractivity (Wildman–Crippen MR) is 66.2 cm³/mol. The van der Waals surface area contributed by atoms with Crippen LogP contribution >= 0.6 is 36.2 Å². The van der Waals surface area contributed by atoms with Gasteiger partial charge in [0.05, 0.1) is 11.2 Å². The Labute approximate surface area is 101 Å². The van der Waals surface area contributed by atoms with E-state index in [0.717, 1.165) is 5.92 Å². The molecule has 0 aliphatic carbocycles. The van der Waals surface area contributed by atoms with Gasteiger partial charge in [0.2, 0.25) is 0 Å². The van der Waals surface area contributed by atoms with Gasteiger partial charge in [-0.3, -0.25) is 0 Å². The number of halogens is 2. The highest BCUT2D eigenvalue weighted by atomic mass is 35.5. The average molecular weight is 255 g/mol. The van der Waals surface area contributed by atoms with Crippen molar-refractivity contribution in [3.8, 4) is 0 Å². The van der Waals surface area contributed by atoms with E-state index in [-0.39, 0.29) is 24.8 Å². The summed E-state index contributed by atoms with van der Waals surface area (Å²) in [4.78, 5) is 5.80. The second-order valence-electron chi connectivity index (χ2n) is 3.33. The number of hydrogen-bond acceptors (Lipinski definition) is 3. The fourth-order valence-corrected chi connectivity index (χ4v) is 2.76. The first-order chi connectivity index (χ1) is 5.88. The van der Waals surface area contributed by atoms with Gasteiger partial charge in [-0.2, -0.15) is 0 Å². The zero-order chi connectivity index (χ0) is 8.39. The van der Waals surface area contributed by atoms with E-state index >= 15 is 0 Å². The zero-order valence-electron chi connectivity index (χ0n) is 8.16. The molecule has 0 spiro atoms. The van der Waals surface area contributed by atoms with Crippen LogP contribution in [0, 0.1) is 6.92 Å². The Morgan fingerprint density at radius 1 is 1.36 bits per heavy atom. The maximum Gasteiger partial charge on any atom is 0.0797 e. The van der Waals surface area contributed by atoms with Crippen LogP contribution in [0.4, 0.5) is 0 Å². The van der Waals surface area contributed by atoms with E-state index in [1.54, 1.807) is 0 Å². The highest BCUT2D eigenvalue weighted by Gasteiger charge is 2.18. The molecular weight excluding hydrogens is 239 g/mol. The summed E-state index contributed by atoms with van der Waals surface area (Å²) >= 11 is 1.82. The van der Waals surface area contributed by atoms with E-state index in [0.29, 0.717) is 0 Å². The molecular formula is C9H16Cl2N2S. The lowest BCUT2D eigenvalue weighted by molar-refractivity contribution is 0.463. The lowest BCUT2D eigenvalue weighted by Gasteiger charge is -2.21. The van der Waals surface area contributed by atoms with Gasteiger partial charge in [-0.1, -0.05) is 0 Å². The molecule has 2 nitrogen and oxygen atoms in total. The summed E-state index contributed by atoms with van der Waals surface area (Å²) in [5.41, 5.74) is 3.21. The fourth-order valence-electron chi connectivity index (χ4n) is 1.79. The first-order valence-electron chi connectivity index (χ1n) is 4.48. The summed E-state index contributed by atoms with van der Waals surface area (Å²) in [6.45, 7) is 4.46. The van der Waals surface area contributed by atoms with E-state index in [9.17, 15) is 0 Å². The van der Waals surface area contributed by atoms with Crippen molar-refractivity contribution in [1.29, 1.82) is 0 Å². The molecule has 1 fully saturated rings. The van der Waals surface area contributed by atoms with Crippen LogP contribution < -0.4 is 5.32 Å². The van der Waals surface area contributed by atoms with Gasteiger partial charge < -0.3 is 5.32 Å². The molecule has 0 atom stereocenters. The summed E-state index contributed by atoms with van der Waals surface area (Å²) < 4.78 is 0. The molecule has 1 aromatic rings. The summed E-state index contributed by atoms with van der Waals surface area (Å²) in [5, 5.41) is 3.38. The molecule has 1 aliphatic heterocycles. The minimum Gasteiger partial charge on any atom is -0.317 e. The molecule has 1 aliphatic rings. The quantitative estimate of drug-likeness (QED) is 0.834. The molecule has 5 heteroatoms. The SMILES string of the molecule is Cc1ncsc1C1CCNCC1.Cl.Cl. The molecule has 0 bridgehead atoms. The second kappa shape index (κ2) is 6.62. The highest BCUT2D eigenvalue weighted by Crippen LogP contribution is 2.30. The Hall–Kier alpha value is 0.170. The fraction of sp³-hybridized carbons (Fsp3) is 0.667. The normalized spacial score (nSPS) is 16.9. The number of aryl methyl sites for hydroxylation is 1. The van der Waals surface area contributed by atoms with Gasteiger partial charge >= 0.3 is 0 Å². The lowest BCUT2D eigenvalue weighted by Crippen LogP contribution is -2.26. The van der Waals surface area contributed by atoms with Crippen LogP contribution in [0.15, 0.2) is 5.51 Å². The summed E-state index contributed by atoms with van der Waals surface area (Å²) in [7, 11) is 0. The monoisotopic (exact) mass is 254 g/mol. The van der Waals surface area contributed by atoms with Crippen molar-refractivity contribution in [3.63, 3.8) is 0 Å². The van der Waals surface area contributed by atoms with Gasteiger partial charge in [0.15, 0.2) is 0 Å². The van der Waals surface area contributed by atoms with Gasteiger partial charge in [0.25, 0.3) is 0 Å². The topological polar surface area (TPSA) is 24.9 Å². The van der Waals surface area contributed by atoms with E-state index < -0.39 is 0 Å². The number of thiazole rings is 1. The molecule has 1 aromatic heterocycles. The van der Waals surface area contributed by atoms with Gasteiger partial charge in [0.1, 0.15) is 0 Å². The van der Waals surface area contributed by atoms with Crippen molar-refractivity contribution < 1.29 is 0 Å². The minimum atomic E-state index is 0.